The van der Waals surface area contributed by atoms with Crippen molar-refractivity contribution in [3.05, 3.63) is 0 Å². The molecule has 0 aliphatic carbocycles. The van der Waals surface area contributed by atoms with Crippen LogP contribution in [0.1, 0.15) is 20.8 Å². The normalized spacial score (nSPS) is 22.1. The average molecular weight is 173 g/mol. The lowest BCUT2D eigenvalue weighted by atomic mass is 10.2. The Morgan fingerprint density at radius 3 is 2.58 bits per heavy atom. The van der Waals surface area contributed by atoms with Crippen LogP contribution in [0.2, 0.25) is 0 Å². The van der Waals surface area contributed by atoms with Gasteiger partial charge in [-0.25, -0.2) is 5.06 Å². The number of hydrogen-bond acceptors (Lipinski definition) is 3. The molecule has 1 amide bonds. The lowest BCUT2D eigenvalue weighted by molar-refractivity contribution is -0.217. The second kappa shape index (κ2) is 3.41. The molecule has 1 aliphatic rings. The summed E-state index contributed by atoms with van der Waals surface area (Å²) in [5.74, 6) is 0. The van der Waals surface area contributed by atoms with Gasteiger partial charge in [0.05, 0.1) is 18.8 Å². The van der Waals surface area contributed by atoms with E-state index in [1.54, 1.807) is 0 Å². The van der Waals surface area contributed by atoms with Gasteiger partial charge >= 0.3 is 0 Å². The molecule has 4 heteroatoms. The molecule has 1 unspecified atom stereocenters. The molecule has 1 saturated heterocycles. The van der Waals surface area contributed by atoms with Gasteiger partial charge in [0.2, 0.25) is 6.41 Å². The maximum Gasteiger partial charge on any atom is 0.233 e. The second-order valence-electron chi connectivity index (χ2n) is 3.86. The zero-order chi connectivity index (χ0) is 9.19. The summed E-state index contributed by atoms with van der Waals surface area (Å²) in [5.41, 5.74) is -0.324. The lowest BCUT2D eigenvalue weighted by Gasteiger charge is -2.25. The molecule has 0 aromatic rings. The largest absolute Gasteiger partial charge is 0.371 e. The van der Waals surface area contributed by atoms with Crippen molar-refractivity contribution in [1.29, 1.82) is 0 Å². The number of carbonyl (C=O) groups excluding carboxylic acids is 1. The molecule has 0 saturated carbocycles. The molecular weight excluding hydrogens is 158 g/mol. The minimum atomic E-state index is -0.324. The van der Waals surface area contributed by atoms with Gasteiger partial charge in [0, 0.05) is 0 Å². The number of rotatable bonds is 4. The van der Waals surface area contributed by atoms with E-state index in [-0.39, 0.29) is 11.7 Å². The van der Waals surface area contributed by atoms with E-state index in [0.29, 0.717) is 13.0 Å². The van der Waals surface area contributed by atoms with Gasteiger partial charge in [-0.15, -0.1) is 0 Å². The van der Waals surface area contributed by atoms with E-state index in [1.165, 1.54) is 5.06 Å². The van der Waals surface area contributed by atoms with Crippen molar-refractivity contribution in [2.45, 2.75) is 32.5 Å². The van der Waals surface area contributed by atoms with Crippen molar-refractivity contribution < 1.29 is 14.4 Å². The fraction of sp³-hybridized carbons (Fsp3) is 0.875. The van der Waals surface area contributed by atoms with Crippen molar-refractivity contribution in [1.82, 2.24) is 5.06 Å². The Morgan fingerprint density at radius 1 is 1.67 bits per heavy atom. The first kappa shape index (κ1) is 9.48. The van der Waals surface area contributed by atoms with Gasteiger partial charge in [0.25, 0.3) is 0 Å². The van der Waals surface area contributed by atoms with Crippen LogP contribution in [0.25, 0.3) is 0 Å². The lowest BCUT2D eigenvalue weighted by Crippen LogP contribution is -2.35. The summed E-state index contributed by atoms with van der Waals surface area (Å²) < 4.78 is 4.97. The van der Waals surface area contributed by atoms with E-state index >= 15 is 0 Å². The summed E-state index contributed by atoms with van der Waals surface area (Å²) in [4.78, 5) is 15.8. The first-order valence-electron chi connectivity index (χ1n) is 4.04. The third kappa shape index (κ3) is 3.69. The van der Waals surface area contributed by atoms with Crippen molar-refractivity contribution in [2.75, 3.05) is 13.2 Å². The fourth-order valence-electron chi connectivity index (χ4n) is 0.828. The smallest absolute Gasteiger partial charge is 0.233 e. The van der Waals surface area contributed by atoms with E-state index < -0.39 is 0 Å². The summed E-state index contributed by atoms with van der Waals surface area (Å²) >= 11 is 0. The quantitative estimate of drug-likeness (QED) is 0.354. The average Bonchev–Trinajstić information content (AvgIpc) is 2.67. The molecule has 1 aliphatic heterocycles. The molecule has 1 fully saturated rings. The molecule has 0 aromatic carbocycles. The number of epoxide rings is 1. The van der Waals surface area contributed by atoms with Crippen molar-refractivity contribution >= 4 is 6.41 Å². The predicted octanol–water partition coefficient (Wildman–Crippen LogP) is 0.574. The SMILES string of the molecule is CC(C)(C)ON(C=O)CC1CO1. The van der Waals surface area contributed by atoms with Crippen LogP contribution in [0, 0.1) is 0 Å². The highest BCUT2D eigenvalue weighted by atomic mass is 16.7. The van der Waals surface area contributed by atoms with E-state index in [2.05, 4.69) is 0 Å². The highest BCUT2D eigenvalue weighted by Gasteiger charge is 2.27. The summed E-state index contributed by atoms with van der Waals surface area (Å²) in [6.45, 7) is 6.96. The van der Waals surface area contributed by atoms with Gasteiger partial charge in [-0.2, -0.15) is 0 Å². The molecule has 70 valence electrons. The zero-order valence-electron chi connectivity index (χ0n) is 7.74. The van der Waals surface area contributed by atoms with Crippen LogP contribution >= 0.6 is 0 Å². The number of carbonyl (C=O) groups is 1. The van der Waals surface area contributed by atoms with Crippen LogP contribution in [0.3, 0.4) is 0 Å². The Morgan fingerprint density at radius 2 is 2.25 bits per heavy atom. The van der Waals surface area contributed by atoms with Gasteiger partial charge in [-0.05, 0) is 20.8 Å². The molecule has 1 atom stereocenters. The van der Waals surface area contributed by atoms with Gasteiger partial charge in [0.1, 0.15) is 6.10 Å². The van der Waals surface area contributed by atoms with Gasteiger partial charge in [0.15, 0.2) is 0 Å². The fourth-order valence-corrected chi connectivity index (χ4v) is 0.828. The first-order chi connectivity index (χ1) is 5.51. The van der Waals surface area contributed by atoms with Crippen LogP contribution < -0.4 is 0 Å². The van der Waals surface area contributed by atoms with Crippen LogP contribution in [0.15, 0.2) is 0 Å². The third-order valence-corrected chi connectivity index (χ3v) is 1.29. The number of amides is 1. The number of nitrogens with zero attached hydrogens (tertiary/aromatic N) is 1. The van der Waals surface area contributed by atoms with E-state index in [9.17, 15) is 4.79 Å². The summed E-state index contributed by atoms with van der Waals surface area (Å²) in [7, 11) is 0. The Balaban J connectivity index is 2.28. The second-order valence-corrected chi connectivity index (χ2v) is 3.86. The summed E-state index contributed by atoms with van der Waals surface area (Å²) in [5, 5.41) is 1.29. The zero-order valence-corrected chi connectivity index (χ0v) is 7.74. The minimum Gasteiger partial charge on any atom is -0.371 e. The predicted molar refractivity (Wildman–Crippen MR) is 43.3 cm³/mol. The molecule has 0 N–H and O–H groups in total. The molecule has 0 spiro atoms. The third-order valence-electron chi connectivity index (χ3n) is 1.29. The maximum atomic E-state index is 10.5. The molecule has 0 radical (unpaired) electrons. The number of hydrogen-bond donors (Lipinski definition) is 0. The van der Waals surface area contributed by atoms with Crippen LogP contribution in [-0.4, -0.2) is 36.3 Å². The van der Waals surface area contributed by atoms with Crippen LogP contribution in [0.4, 0.5) is 0 Å². The Kier molecular flexibility index (Phi) is 2.69. The van der Waals surface area contributed by atoms with Crippen LogP contribution in [0.5, 0.6) is 0 Å². The van der Waals surface area contributed by atoms with E-state index in [1.807, 2.05) is 20.8 Å². The monoisotopic (exact) mass is 173 g/mol. The number of hydroxylamine groups is 2. The first-order valence-corrected chi connectivity index (χ1v) is 4.04. The molecule has 0 bridgehead atoms. The van der Waals surface area contributed by atoms with Crippen molar-refractivity contribution in [3.8, 4) is 0 Å². The van der Waals surface area contributed by atoms with E-state index in [4.69, 9.17) is 9.57 Å². The highest BCUT2D eigenvalue weighted by molar-refractivity contribution is 5.45. The standard InChI is InChI=1S/C8H15NO3/c1-8(2,3)12-9(6-10)4-7-5-11-7/h6-7H,4-5H2,1-3H3. The summed E-state index contributed by atoms with van der Waals surface area (Å²) in [6, 6.07) is 0. The number of ether oxygens (including phenoxy) is 1. The Bertz CT molecular complexity index is 160. The molecule has 0 aromatic heterocycles. The van der Waals surface area contributed by atoms with Gasteiger partial charge in [-0.3, -0.25) is 9.63 Å². The van der Waals surface area contributed by atoms with Crippen molar-refractivity contribution in [2.24, 2.45) is 0 Å². The maximum absolute atomic E-state index is 10.5. The van der Waals surface area contributed by atoms with Gasteiger partial charge < -0.3 is 4.74 Å². The highest BCUT2D eigenvalue weighted by Crippen LogP contribution is 2.14. The molecular formula is C8H15NO3. The Labute approximate surface area is 72.4 Å². The molecule has 12 heavy (non-hydrogen) atoms. The topological polar surface area (TPSA) is 42.1 Å². The van der Waals surface area contributed by atoms with Crippen molar-refractivity contribution in [3.63, 3.8) is 0 Å². The minimum absolute atomic E-state index is 0.178. The van der Waals surface area contributed by atoms with E-state index in [0.717, 1.165) is 6.61 Å². The molecule has 1 rings (SSSR count). The summed E-state index contributed by atoms with van der Waals surface area (Å²) in [6.07, 6.45) is 0.866. The molecule has 4 nitrogen and oxygen atoms in total. The van der Waals surface area contributed by atoms with Gasteiger partial charge in [-0.1, -0.05) is 0 Å². The Hall–Kier alpha value is -0.610. The van der Waals surface area contributed by atoms with Crippen LogP contribution in [-0.2, 0) is 14.4 Å². The molecule has 1 heterocycles.